The van der Waals surface area contributed by atoms with E-state index in [1.807, 2.05) is 12.3 Å². The summed E-state index contributed by atoms with van der Waals surface area (Å²) < 4.78 is 46.3. The molecule has 0 spiro atoms. The molecule has 1 aliphatic rings. The SMILES string of the molecule is Cn1cc(C(F)(F)F)nc1-c1ccc(-c2nnc(C3(C)CCCc4scc(C#N)c43)o2)cc1. The van der Waals surface area contributed by atoms with Crippen LogP contribution in [-0.2, 0) is 25.1 Å². The highest BCUT2D eigenvalue weighted by Gasteiger charge is 2.41. The Morgan fingerprint density at radius 3 is 2.58 bits per heavy atom. The smallest absolute Gasteiger partial charge is 0.420 e. The molecule has 4 aromatic rings. The molecule has 168 valence electrons. The summed E-state index contributed by atoms with van der Waals surface area (Å²) in [6, 6.07) is 9.06. The van der Waals surface area contributed by atoms with Crippen molar-refractivity contribution in [3.63, 3.8) is 0 Å². The van der Waals surface area contributed by atoms with Crippen molar-refractivity contribution in [1.82, 2.24) is 19.7 Å². The highest BCUT2D eigenvalue weighted by Crippen LogP contribution is 2.46. The number of nitriles is 1. The summed E-state index contributed by atoms with van der Waals surface area (Å²) in [7, 11) is 1.52. The quantitative estimate of drug-likeness (QED) is 0.383. The van der Waals surface area contributed by atoms with E-state index in [1.54, 1.807) is 35.6 Å². The lowest BCUT2D eigenvalue weighted by Gasteiger charge is -2.31. The molecule has 33 heavy (non-hydrogen) atoms. The number of hydrogen-bond donors (Lipinski definition) is 0. The number of nitrogens with zero attached hydrogens (tertiary/aromatic N) is 5. The van der Waals surface area contributed by atoms with Crippen LogP contribution in [0.25, 0.3) is 22.8 Å². The summed E-state index contributed by atoms with van der Waals surface area (Å²) in [6.07, 6.45) is -0.841. The number of fused-ring (bicyclic) bond motifs is 1. The average Bonchev–Trinajstić information content (AvgIpc) is 3.52. The van der Waals surface area contributed by atoms with Gasteiger partial charge in [-0.3, -0.25) is 0 Å². The van der Waals surface area contributed by atoms with E-state index in [0.717, 1.165) is 31.0 Å². The third-order valence-corrected chi connectivity index (χ3v) is 7.12. The lowest BCUT2D eigenvalue weighted by Crippen LogP contribution is -2.29. The Hall–Kier alpha value is -3.45. The zero-order valence-corrected chi connectivity index (χ0v) is 18.6. The highest BCUT2D eigenvalue weighted by atomic mass is 32.1. The lowest BCUT2D eigenvalue weighted by molar-refractivity contribution is -0.140. The number of thiophene rings is 1. The average molecular weight is 469 g/mol. The van der Waals surface area contributed by atoms with Crippen molar-refractivity contribution in [2.75, 3.05) is 0 Å². The van der Waals surface area contributed by atoms with Crippen LogP contribution in [0, 0.1) is 11.3 Å². The Bertz CT molecular complexity index is 1380. The number of aromatic nitrogens is 4. The number of alkyl halides is 3. The number of halogens is 3. The van der Waals surface area contributed by atoms with E-state index >= 15 is 0 Å². The van der Waals surface area contributed by atoms with Gasteiger partial charge in [0.05, 0.1) is 11.0 Å². The zero-order valence-electron chi connectivity index (χ0n) is 17.8. The van der Waals surface area contributed by atoms with Crippen LogP contribution in [0.4, 0.5) is 13.2 Å². The van der Waals surface area contributed by atoms with E-state index in [0.29, 0.717) is 28.5 Å². The van der Waals surface area contributed by atoms with Crippen LogP contribution in [0.5, 0.6) is 0 Å². The first-order chi connectivity index (χ1) is 15.7. The molecule has 6 nitrogen and oxygen atoms in total. The molecule has 0 amide bonds. The van der Waals surface area contributed by atoms with E-state index in [4.69, 9.17) is 4.42 Å². The van der Waals surface area contributed by atoms with Crippen molar-refractivity contribution >= 4 is 11.3 Å². The summed E-state index contributed by atoms with van der Waals surface area (Å²) in [6.45, 7) is 2.03. The molecule has 5 rings (SSSR count). The maximum atomic E-state index is 13.0. The summed E-state index contributed by atoms with van der Waals surface area (Å²) in [4.78, 5) is 4.90. The minimum absolute atomic E-state index is 0.212. The van der Waals surface area contributed by atoms with Crippen molar-refractivity contribution < 1.29 is 17.6 Å². The Kier molecular flexibility index (Phi) is 4.90. The van der Waals surface area contributed by atoms with Crippen LogP contribution in [0.15, 0.2) is 40.3 Å². The zero-order chi connectivity index (χ0) is 23.4. The topological polar surface area (TPSA) is 80.5 Å². The van der Waals surface area contributed by atoms with Crippen molar-refractivity contribution in [3.05, 3.63) is 63.4 Å². The van der Waals surface area contributed by atoms with Crippen LogP contribution in [0.1, 0.15) is 47.4 Å². The van der Waals surface area contributed by atoms with Gasteiger partial charge in [-0.2, -0.15) is 18.4 Å². The van der Waals surface area contributed by atoms with Crippen LogP contribution in [0.2, 0.25) is 0 Å². The van der Waals surface area contributed by atoms with Gasteiger partial charge in [0.1, 0.15) is 11.9 Å². The molecule has 0 saturated carbocycles. The number of aryl methyl sites for hydroxylation is 2. The van der Waals surface area contributed by atoms with Gasteiger partial charge in [-0.15, -0.1) is 21.5 Å². The van der Waals surface area contributed by atoms with Gasteiger partial charge in [-0.25, -0.2) is 4.98 Å². The second kappa shape index (κ2) is 7.56. The fourth-order valence-electron chi connectivity index (χ4n) is 4.41. The van der Waals surface area contributed by atoms with Gasteiger partial charge in [0.2, 0.25) is 11.8 Å². The maximum absolute atomic E-state index is 13.0. The largest absolute Gasteiger partial charge is 0.434 e. The van der Waals surface area contributed by atoms with E-state index in [-0.39, 0.29) is 5.82 Å². The monoisotopic (exact) mass is 469 g/mol. The summed E-state index contributed by atoms with van der Waals surface area (Å²) in [5.41, 5.74) is 1.34. The minimum Gasteiger partial charge on any atom is -0.420 e. The van der Waals surface area contributed by atoms with E-state index in [9.17, 15) is 18.4 Å². The van der Waals surface area contributed by atoms with E-state index in [1.165, 1.54) is 16.5 Å². The van der Waals surface area contributed by atoms with Gasteiger partial charge in [-0.1, -0.05) is 12.1 Å². The Labute approximate surface area is 191 Å². The van der Waals surface area contributed by atoms with Crippen LogP contribution in [-0.4, -0.2) is 19.7 Å². The number of imidazole rings is 1. The molecular weight excluding hydrogens is 451 g/mol. The normalized spacial score (nSPS) is 18.2. The molecule has 1 unspecified atom stereocenters. The Morgan fingerprint density at radius 2 is 1.91 bits per heavy atom. The molecule has 0 N–H and O–H groups in total. The van der Waals surface area contributed by atoms with Gasteiger partial charge in [-0.05, 0) is 43.9 Å². The molecule has 3 aromatic heterocycles. The van der Waals surface area contributed by atoms with Crippen molar-refractivity contribution in [2.24, 2.45) is 7.05 Å². The fraction of sp³-hybridized carbons (Fsp3) is 0.304. The first kappa shape index (κ1) is 21.4. The van der Waals surface area contributed by atoms with Crippen molar-refractivity contribution in [3.8, 4) is 28.9 Å². The Balaban J connectivity index is 1.46. The van der Waals surface area contributed by atoms with Crippen molar-refractivity contribution in [1.29, 1.82) is 5.26 Å². The fourth-order valence-corrected chi connectivity index (χ4v) is 5.55. The third kappa shape index (κ3) is 3.53. The first-order valence-corrected chi connectivity index (χ1v) is 11.1. The second-order valence-corrected chi connectivity index (χ2v) is 9.26. The second-order valence-electron chi connectivity index (χ2n) is 8.29. The van der Waals surface area contributed by atoms with Gasteiger partial charge in [0.25, 0.3) is 0 Å². The molecule has 0 bridgehead atoms. The van der Waals surface area contributed by atoms with Crippen LogP contribution >= 0.6 is 11.3 Å². The minimum atomic E-state index is -4.50. The predicted molar refractivity (Wildman–Crippen MR) is 115 cm³/mol. The standard InChI is InChI=1S/C23H18F3N5OS/c1-22(9-3-4-16-18(22)15(10-27)12-33-16)21-30-29-20(32-21)14-7-5-13(6-8-14)19-28-17(11-31(19)2)23(24,25)26/h5-8,11-12H,3-4,9H2,1-2H3. The highest BCUT2D eigenvalue weighted by molar-refractivity contribution is 7.10. The molecular formula is C23H18F3N5OS. The van der Waals surface area contributed by atoms with Gasteiger partial charge in [0.15, 0.2) is 5.69 Å². The number of rotatable bonds is 3. The first-order valence-electron chi connectivity index (χ1n) is 10.3. The summed E-state index contributed by atoms with van der Waals surface area (Å²) in [5.74, 6) is 0.981. The van der Waals surface area contributed by atoms with Crippen LogP contribution in [0.3, 0.4) is 0 Å². The van der Waals surface area contributed by atoms with Crippen LogP contribution < -0.4 is 0 Å². The van der Waals surface area contributed by atoms with Gasteiger partial charge in [0, 0.05) is 34.6 Å². The molecule has 0 radical (unpaired) electrons. The molecule has 0 fully saturated rings. The van der Waals surface area contributed by atoms with E-state index in [2.05, 4.69) is 21.3 Å². The molecule has 1 aliphatic carbocycles. The maximum Gasteiger partial charge on any atom is 0.434 e. The van der Waals surface area contributed by atoms with Crippen molar-refractivity contribution in [2.45, 2.75) is 37.8 Å². The van der Waals surface area contributed by atoms with E-state index < -0.39 is 17.3 Å². The van der Waals surface area contributed by atoms with Gasteiger partial charge < -0.3 is 8.98 Å². The predicted octanol–water partition coefficient (Wildman–Crippen LogP) is 5.73. The number of hydrogen-bond acceptors (Lipinski definition) is 6. The molecule has 1 aromatic carbocycles. The Morgan fingerprint density at radius 1 is 1.18 bits per heavy atom. The number of benzene rings is 1. The lowest BCUT2D eigenvalue weighted by atomic mass is 9.72. The third-order valence-electron chi connectivity index (χ3n) is 6.07. The summed E-state index contributed by atoms with van der Waals surface area (Å²) in [5, 5.41) is 19.9. The molecule has 3 heterocycles. The molecule has 1 atom stereocenters. The van der Waals surface area contributed by atoms with Gasteiger partial charge >= 0.3 is 6.18 Å². The molecule has 0 saturated heterocycles. The molecule has 10 heteroatoms. The molecule has 0 aliphatic heterocycles. The summed E-state index contributed by atoms with van der Waals surface area (Å²) >= 11 is 1.59.